The quantitative estimate of drug-likeness (QED) is 0.841. The maximum Gasteiger partial charge on any atom is 0.409 e. The monoisotopic (exact) mass is 320 g/mol. The molecule has 0 atom stereocenters. The maximum atomic E-state index is 11.9. The Labute approximate surface area is 136 Å². The summed E-state index contributed by atoms with van der Waals surface area (Å²) in [6.07, 6.45) is 3.64. The van der Waals surface area contributed by atoms with E-state index in [2.05, 4.69) is 15.2 Å². The van der Waals surface area contributed by atoms with Gasteiger partial charge in [0.05, 0.1) is 6.61 Å². The Hall–Kier alpha value is -2.15. The molecule has 1 fully saturated rings. The Morgan fingerprint density at radius 3 is 2.57 bits per heavy atom. The van der Waals surface area contributed by atoms with Crippen LogP contribution in [-0.2, 0) is 16.1 Å². The van der Waals surface area contributed by atoms with Gasteiger partial charge >= 0.3 is 6.09 Å². The zero-order chi connectivity index (χ0) is 16.5. The second-order valence-corrected chi connectivity index (χ2v) is 5.41. The summed E-state index contributed by atoms with van der Waals surface area (Å²) in [5.74, 6) is 0.0367. The molecule has 1 aliphatic rings. The molecule has 0 spiro atoms. The Bertz CT molecular complexity index is 501. The highest BCUT2D eigenvalue weighted by Gasteiger charge is 2.21. The fourth-order valence-electron chi connectivity index (χ4n) is 2.42. The molecule has 0 aromatic carbocycles. The SMILES string of the molecule is CCOC(=O)N1CCN(CCC(=O)NCc2ccncc2)CC1. The molecular weight excluding hydrogens is 296 g/mol. The number of nitrogens with one attached hydrogen (secondary N) is 1. The first kappa shape index (κ1) is 17.2. The third kappa shape index (κ3) is 5.86. The van der Waals surface area contributed by atoms with Gasteiger partial charge in [0.25, 0.3) is 0 Å². The van der Waals surface area contributed by atoms with E-state index in [-0.39, 0.29) is 12.0 Å². The molecule has 2 amide bonds. The number of hydrogen-bond acceptors (Lipinski definition) is 5. The van der Waals surface area contributed by atoms with Gasteiger partial charge in [0.1, 0.15) is 0 Å². The van der Waals surface area contributed by atoms with E-state index in [9.17, 15) is 9.59 Å². The van der Waals surface area contributed by atoms with Gasteiger partial charge in [0.15, 0.2) is 0 Å². The van der Waals surface area contributed by atoms with Crippen molar-refractivity contribution in [3.63, 3.8) is 0 Å². The summed E-state index contributed by atoms with van der Waals surface area (Å²) in [4.78, 5) is 31.3. The van der Waals surface area contributed by atoms with Gasteiger partial charge in [-0.05, 0) is 24.6 Å². The number of carbonyl (C=O) groups excluding carboxylic acids is 2. The lowest BCUT2D eigenvalue weighted by Gasteiger charge is -2.33. The number of rotatable bonds is 6. The standard InChI is InChI=1S/C16H24N4O3/c1-2-23-16(22)20-11-9-19(10-12-20)8-5-15(21)18-13-14-3-6-17-7-4-14/h3-4,6-7H,2,5,8-13H2,1H3,(H,18,21). The van der Waals surface area contributed by atoms with Crippen molar-refractivity contribution in [2.24, 2.45) is 0 Å². The minimum Gasteiger partial charge on any atom is -0.450 e. The highest BCUT2D eigenvalue weighted by atomic mass is 16.6. The predicted molar refractivity (Wildman–Crippen MR) is 85.7 cm³/mol. The van der Waals surface area contributed by atoms with Gasteiger partial charge in [-0.15, -0.1) is 0 Å². The minimum atomic E-state index is -0.248. The maximum absolute atomic E-state index is 11.9. The molecule has 1 N–H and O–H groups in total. The second kappa shape index (κ2) is 9.09. The number of ether oxygens (including phenoxy) is 1. The van der Waals surface area contributed by atoms with Gasteiger partial charge < -0.3 is 15.0 Å². The summed E-state index contributed by atoms with van der Waals surface area (Å²) in [7, 11) is 0. The molecule has 7 heteroatoms. The Morgan fingerprint density at radius 2 is 1.91 bits per heavy atom. The van der Waals surface area contributed by atoms with Crippen LogP contribution >= 0.6 is 0 Å². The highest BCUT2D eigenvalue weighted by Crippen LogP contribution is 2.04. The molecule has 1 aliphatic heterocycles. The average Bonchev–Trinajstić information content (AvgIpc) is 2.59. The number of aromatic nitrogens is 1. The molecule has 0 saturated carbocycles. The number of piperazine rings is 1. The highest BCUT2D eigenvalue weighted by molar-refractivity contribution is 5.76. The topological polar surface area (TPSA) is 74.8 Å². The molecule has 1 saturated heterocycles. The van der Waals surface area contributed by atoms with Crippen LogP contribution in [-0.4, -0.2) is 66.1 Å². The normalized spacial score (nSPS) is 15.3. The molecule has 0 radical (unpaired) electrons. The van der Waals surface area contributed by atoms with Crippen LogP contribution in [0.15, 0.2) is 24.5 Å². The van der Waals surface area contributed by atoms with Crippen molar-refractivity contribution in [1.82, 2.24) is 20.1 Å². The van der Waals surface area contributed by atoms with Crippen molar-refractivity contribution in [2.45, 2.75) is 19.9 Å². The first-order valence-electron chi connectivity index (χ1n) is 7.98. The molecule has 7 nitrogen and oxygen atoms in total. The Morgan fingerprint density at radius 1 is 1.22 bits per heavy atom. The van der Waals surface area contributed by atoms with Crippen LogP contribution in [0.3, 0.4) is 0 Å². The average molecular weight is 320 g/mol. The van der Waals surface area contributed by atoms with Gasteiger partial charge in [-0.25, -0.2) is 4.79 Å². The van der Waals surface area contributed by atoms with E-state index in [0.29, 0.717) is 39.2 Å². The lowest BCUT2D eigenvalue weighted by Crippen LogP contribution is -2.49. The minimum absolute atomic E-state index is 0.0367. The molecule has 126 valence electrons. The van der Waals surface area contributed by atoms with Crippen molar-refractivity contribution in [1.29, 1.82) is 0 Å². The summed E-state index contributed by atoms with van der Waals surface area (Å²) >= 11 is 0. The van der Waals surface area contributed by atoms with Crippen LogP contribution in [0.5, 0.6) is 0 Å². The fraction of sp³-hybridized carbons (Fsp3) is 0.562. The fourth-order valence-corrected chi connectivity index (χ4v) is 2.42. The molecule has 1 aromatic heterocycles. The van der Waals surface area contributed by atoms with Crippen LogP contribution in [0.2, 0.25) is 0 Å². The summed E-state index contributed by atoms with van der Waals surface area (Å²) in [6, 6.07) is 3.77. The molecule has 23 heavy (non-hydrogen) atoms. The van der Waals surface area contributed by atoms with Crippen molar-refractivity contribution < 1.29 is 14.3 Å². The van der Waals surface area contributed by atoms with Crippen molar-refractivity contribution in [3.05, 3.63) is 30.1 Å². The number of nitrogens with zero attached hydrogens (tertiary/aromatic N) is 3. The van der Waals surface area contributed by atoms with Crippen LogP contribution < -0.4 is 5.32 Å². The smallest absolute Gasteiger partial charge is 0.409 e. The van der Waals surface area contributed by atoms with E-state index in [1.54, 1.807) is 24.2 Å². The van der Waals surface area contributed by atoms with E-state index in [1.807, 2.05) is 12.1 Å². The molecule has 0 aliphatic carbocycles. The summed E-state index contributed by atoms with van der Waals surface area (Å²) < 4.78 is 4.99. The number of amides is 2. The van der Waals surface area contributed by atoms with Crippen molar-refractivity contribution >= 4 is 12.0 Å². The number of hydrogen-bond donors (Lipinski definition) is 1. The molecule has 0 bridgehead atoms. The van der Waals surface area contributed by atoms with Gasteiger partial charge in [0, 0.05) is 58.1 Å². The van der Waals surface area contributed by atoms with E-state index in [1.165, 1.54) is 0 Å². The summed E-state index contributed by atoms with van der Waals surface area (Å²) in [6.45, 7) is 6.29. The van der Waals surface area contributed by atoms with Crippen LogP contribution in [0.4, 0.5) is 4.79 Å². The number of carbonyl (C=O) groups is 2. The van der Waals surface area contributed by atoms with Crippen LogP contribution in [0.25, 0.3) is 0 Å². The first-order valence-corrected chi connectivity index (χ1v) is 7.98. The molecule has 0 unspecified atom stereocenters. The van der Waals surface area contributed by atoms with Crippen molar-refractivity contribution in [2.75, 3.05) is 39.3 Å². The molecule has 2 rings (SSSR count). The second-order valence-electron chi connectivity index (χ2n) is 5.41. The van der Waals surface area contributed by atoms with Gasteiger partial charge in [-0.1, -0.05) is 0 Å². The van der Waals surface area contributed by atoms with E-state index < -0.39 is 0 Å². The third-order valence-corrected chi connectivity index (χ3v) is 3.79. The van der Waals surface area contributed by atoms with E-state index >= 15 is 0 Å². The zero-order valence-corrected chi connectivity index (χ0v) is 13.5. The predicted octanol–water partition coefficient (Wildman–Crippen LogP) is 0.862. The summed E-state index contributed by atoms with van der Waals surface area (Å²) in [5.41, 5.74) is 1.04. The lowest BCUT2D eigenvalue weighted by atomic mass is 10.2. The summed E-state index contributed by atoms with van der Waals surface area (Å²) in [5, 5.41) is 2.90. The van der Waals surface area contributed by atoms with Crippen LogP contribution in [0, 0.1) is 0 Å². The zero-order valence-electron chi connectivity index (χ0n) is 13.5. The Balaban J connectivity index is 1.61. The molecule has 1 aromatic rings. The first-order chi connectivity index (χ1) is 11.2. The largest absolute Gasteiger partial charge is 0.450 e. The van der Waals surface area contributed by atoms with Gasteiger partial charge in [-0.3, -0.25) is 14.7 Å². The van der Waals surface area contributed by atoms with Gasteiger partial charge in [0.2, 0.25) is 5.91 Å². The Kier molecular flexibility index (Phi) is 6.80. The van der Waals surface area contributed by atoms with Gasteiger partial charge in [-0.2, -0.15) is 0 Å². The number of pyridine rings is 1. The lowest BCUT2D eigenvalue weighted by molar-refractivity contribution is -0.121. The molecule has 2 heterocycles. The third-order valence-electron chi connectivity index (χ3n) is 3.79. The van der Waals surface area contributed by atoms with Crippen molar-refractivity contribution in [3.8, 4) is 0 Å². The molecular formula is C16H24N4O3. The van der Waals surface area contributed by atoms with E-state index in [0.717, 1.165) is 18.7 Å². The van der Waals surface area contributed by atoms with Crippen LogP contribution in [0.1, 0.15) is 18.9 Å². The van der Waals surface area contributed by atoms with E-state index in [4.69, 9.17) is 4.74 Å².